The minimum atomic E-state index is 0. The van der Waals surface area contributed by atoms with E-state index in [1.165, 1.54) is 12.8 Å². The average Bonchev–Trinajstić information content (AvgIpc) is 3.16. The molecule has 5 heteroatoms. The van der Waals surface area contributed by atoms with E-state index in [0.29, 0.717) is 12.6 Å². The zero-order chi connectivity index (χ0) is 16.2. The third kappa shape index (κ3) is 4.02. The van der Waals surface area contributed by atoms with Crippen LogP contribution in [-0.2, 0) is 6.54 Å². The molecule has 3 rings (SSSR count). The second kappa shape index (κ2) is 8.08. The number of benzene rings is 1. The van der Waals surface area contributed by atoms with Gasteiger partial charge in [0.05, 0.1) is 13.2 Å². The van der Waals surface area contributed by atoms with Crippen LogP contribution in [0.4, 0.5) is 5.69 Å². The normalized spacial score (nSPS) is 14.3. The molecule has 1 aliphatic carbocycles. The Bertz CT molecular complexity index is 641. The van der Waals surface area contributed by atoms with Crippen molar-refractivity contribution in [2.24, 2.45) is 0 Å². The molecular weight excluding hydrogens is 304 g/mol. The van der Waals surface area contributed by atoms with Gasteiger partial charge >= 0.3 is 0 Å². The van der Waals surface area contributed by atoms with Crippen molar-refractivity contribution in [3.8, 4) is 11.5 Å². The molecule has 0 amide bonds. The van der Waals surface area contributed by atoms with E-state index in [1.807, 2.05) is 26.0 Å². The van der Waals surface area contributed by atoms with Crippen molar-refractivity contribution in [1.82, 2.24) is 5.16 Å². The number of aromatic nitrogens is 1. The van der Waals surface area contributed by atoms with Crippen LogP contribution in [0.1, 0.15) is 50.1 Å². The van der Waals surface area contributed by atoms with E-state index in [1.54, 1.807) is 7.11 Å². The van der Waals surface area contributed by atoms with Crippen molar-refractivity contribution in [2.75, 3.05) is 12.4 Å². The van der Waals surface area contributed by atoms with Crippen LogP contribution >= 0.6 is 0 Å². The van der Waals surface area contributed by atoms with Gasteiger partial charge < -0.3 is 19.3 Å². The van der Waals surface area contributed by atoms with E-state index in [0.717, 1.165) is 47.0 Å². The van der Waals surface area contributed by atoms with Gasteiger partial charge in [0.1, 0.15) is 11.4 Å². The number of hydrogen-bond acceptors (Lipinski definition) is 5. The fraction of sp³-hybridized carbons (Fsp3) is 0.526. The largest absolute Gasteiger partial charge is 0.493 e. The van der Waals surface area contributed by atoms with Gasteiger partial charge in [0, 0.05) is 6.54 Å². The number of hydrogen-bond donors (Lipinski definition) is 1. The van der Waals surface area contributed by atoms with Crippen molar-refractivity contribution in [2.45, 2.75) is 59.6 Å². The summed E-state index contributed by atoms with van der Waals surface area (Å²) < 4.78 is 16.7. The van der Waals surface area contributed by atoms with Crippen LogP contribution in [-0.4, -0.2) is 18.4 Å². The van der Waals surface area contributed by atoms with Crippen molar-refractivity contribution >= 4 is 5.69 Å². The van der Waals surface area contributed by atoms with Crippen LogP contribution in [0, 0.1) is 13.8 Å². The highest BCUT2D eigenvalue weighted by Crippen LogP contribution is 2.32. The van der Waals surface area contributed by atoms with Crippen molar-refractivity contribution in [3.63, 3.8) is 0 Å². The lowest BCUT2D eigenvalue weighted by molar-refractivity contribution is 0.200. The molecule has 1 heterocycles. The monoisotopic (exact) mass is 332 g/mol. The minimum Gasteiger partial charge on any atom is -0.493 e. The van der Waals surface area contributed by atoms with Gasteiger partial charge in [0.2, 0.25) is 0 Å². The van der Waals surface area contributed by atoms with Gasteiger partial charge in [-0.3, -0.25) is 0 Å². The Morgan fingerprint density at radius 3 is 2.58 bits per heavy atom. The van der Waals surface area contributed by atoms with E-state index in [9.17, 15) is 0 Å². The average molecular weight is 332 g/mol. The van der Waals surface area contributed by atoms with Crippen molar-refractivity contribution in [1.29, 1.82) is 0 Å². The van der Waals surface area contributed by atoms with Gasteiger partial charge in [-0.1, -0.05) is 18.6 Å². The van der Waals surface area contributed by atoms with Gasteiger partial charge in [0.15, 0.2) is 17.3 Å². The molecule has 0 radical (unpaired) electrons. The van der Waals surface area contributed by atoms with Gasteiger partial charge in [-0.15, -0.1) is 0 Å². The Balaban J connectivity index is 0.00000208. The maximum absolute atomic E-state index is 6.14. The van der Waals surface area contributed by atoms with Crippen molar-refractivity contribution < 1.29 is 14.0 Å². The molecular formula is C19H28N2O3. The van der Waals surface area contributed by atoms with Crippen LogP contribution in [0.15, 0.2) is 22.7 Å². The molecule has 0 spiro atoms. The van der Waals surface area contributed by atoms with Gasteiger partial charge in [-0.2, -0.15) is 0 Å². The predicted molar refractivity (Wildman–Crippen MR) is 95.9 cm³/mol. The summed E-state index contributed by atoms with van der Waals surface area (Å²) in [4.78, 5) is 0. The smallest absolute Gasteiger partial charge is 0.161 e. The second-order valence-electron chi connectivity index (χ2n) is 6.06. The Labute approximate surface area is 144 Å². The van der Waals surface area contributed by atoms with Gasteiger partial charge in [-0.25, -0.2) is 0 Å². The fourth-order valence-electron chi connectivity index (χ4n) is 3.03. The fourth-order valence-corrected chi connectivity index (χ4v) is 3.03. The molecule has 132 valence electrons. The highest BCUT2D eigenvalue weighted by molar-refractivity contribution is 5.51. The van der Waals surface area contributed by atoms with E-state index >= 15 is 0 Å². The summed E-state index contributed by atoms with van der Waals surface area (Å²) in [5.41, 5.74) is 2.97. The number of nitrogens with one attached hydrogen (secondary N) is 1. The quantitative estimate of drug-likeness (QED) is 0.818. The molecule has 0 aliphatic heterocycles. The molecule has 1 fully saturated rings. The first-order chi connectivity index (χ1) is 11.2. The molecule has 1 saturated carbocycles. The predicted octanol–water partition coefficient (Wildman–Crippen LogP) is 4.87. The van der Waals surface area contributed by atoms with Crippen LogP contribution in [0.2, 0.25) is 0 Å². The standard InChI is InChI=1S/C18H24N2O3.CH4/c1-12-18(13(2)23-20-12)19-11-14-8-9-16(21-3)17(10-14)22-15-6-4-5-7-15;/h8-10,15,19H,4-7,11H2,1-3H3;1H4. The van der Waals surface area contributed by atoms with E-state index in [2.05, 4.69) is 16.5 Å². The lowest BCUT2D eigenvalue weighted by Gasteiger charge is -2.17. The van der Waals surface area contributed by atoms with Crippen LogP contribution < -0.4 is 14.8 Å². The van der Waals surface area contributed by atoms with Gasteiger partial charge in [0.25, 0.3) is 0 Å². The maximum atomic E-state index is 6.14. The highest BCUT2D eigenvalue weighted by Gasteiger charge is 2.18. The Hall–Kier alpha value is -2.17. The van der Waals surface area contributed by atoms with Crippen LogP contribution in [0.3, 0.4) is 0 Å². The zero-order valence-electron chi connectivity index (χ0n) is 14.0. The molecule has 5 nitrogen and oxygen atoms in total. The zero-order valence-corrected chi connectivity index (χ0v) is 14.0. The summed E-state index contributed by atoms with van der Waals surface area (Å²) in [6.07, 6.45) is 5.07. The van der Waals surface area contributed by atoms with E-state index in [4.69, 9.17) is 14.0 Å². The van der Waals surface area contributed by atoms with E-state index < -0.39 is 0 Å². The molecule has 2 aromatic rings. The first-order valence-corrected chi connectivity index (χ1v) is 8.17. The molecule has 24 heavy (non-hydrogen) atoms. The summed E-state index contributed by atoms with van der Waals surface area (Å²) in [6, 6.07) is 6.07. The number of rotatable bonds is 6. The third-order valence-corrected chi connectivity index (χ3v) is 4.33. The molecule has 1 aliphatic rings. The number of ether oxygens (including phenoxy) is 2. The van der Waals surface area contributed by atoms with Gasteiger partial charge in [-0.05, 0) is 57.2 Å². The SMILES string of the molecule is C.COc1ccc(CNc2c(C)noc2C)cc1OC1CCCC1. The van der Waals surface area contributed by atoms with Crippen LogP contribution in [0.5, 0.6) is 11.5 Å². The minimum absolute atomic E-state index is 0. The number of methoxy groups -OCH3 is 1. The number of aryl methyl sites for hydroxylation is 2. The molecule has 0 saturated heterocycles. The molecule has 1 aromatic heterocycles. The summed E-state index contributed by atoms with van der Waals surface area (Å²) in [5, 5.41) is 7.34. The summed E-state index contributed by atoms with van der Waals surface area (Å²) in [5.74, 6) is 2.42. The molecule has 1 N–H and O–H groups in total. The van der Waals surface area contributed by atoms with Crippen molar-refractivity contribution in [3.05, 3.63) is 35.2 Å². The Kier molecular flexibility index (Phi) is 6.12. The molecule has 0 unspecified atom stereocenters. The summed E-state index contributed by atoms with van der Waals surface area (Å²) in [6.45, 7) is 4.53. The first-order valence-electron chi connectivity index (χ1n) is 8.17. The summed E-state index contributed by atoms with van der Waals surface area (Å²) >= 11 is 0. The lowest BCUT2D eigenvalue weighted by Crippen LogP contribution is -2.12. The molecule has 0 bridgehead atoms. The lowest BCUT2D eigenvalue weighted by atomic mass is 10.2. The highest BCUT2D eigenvalue weighted by atomic mass is 16.5. The summed E-state index contributed by atoms with van der Waals surface area (Å²) in [7, 11) is 1.68. The Morgan fingerprint density at radius 2 is 1.96 bits per heavy atom. The topological polar surface area (TPSA) is 56.5 Å². The second-order valence-corrected chi connectivity index (χ2v) is 6.06. The number of nitrogens with zero attached hydrogens (tertiary/aromatic N) is 1. The Morgan fingerprint density at radius 1 is 1.21 bits per heavy atom. The molecule has 1 aromatic carbocycles. The van der Waals surface area contributed by atoms with E-state index in [-0.39, 0.29) is 7.43 Å². The molecule has 0 atom stereocenters. The number of anilines is 1. The third-order valence-electron chi connectivity index (χ3n) is 4.33. The van der Waals surface area contributed by atoms with Crippen LogP contribution in [0.25, 0.3) is 0 Å². The first kappa shape index (κ1) is 18.2. The maximum Gasteiger partial charge on any atom is 0.161 e.